The summed E-state index contributed by atoms with van der Waals surface area (Å²) >= 11 is 0. The Balaban J connectivity index is 1.90. The molecule has 15 heavy (non-hydrogen) atoms. The number of amides is 1. The first-order valence-electron chi connectivity index (χ1n) is 5.28. The van der Waals surface area contributed by atoms with Crippen molar-refractivity contribution in [3.63, 3.8) is 0 Å². The second-order valence-electron chi connectivity index (χ2n) is 3.89. The molecule has 1 heterocycles. The molecular formula is C10H16N4O. The van der Waals surface area contributed by atoms with Gasteiger partial charge in [0, 0.05) is 24.4 Å². The number of nitrogens with zero attached hydrogens (tertiary/aromatic N) is 2. The highest BCUT2D eigenvalue weighted by atomic mass is 16.2. The monoisotopic (exact) mass is 208 g/mol. The zero-order valence-electron chi connectivity index (χ0n) is 8.65. The summed E-state index contributed by atoms with van der Waals surface area (Å²) in [5.74, 6) is 0.0637. The van der Waals surface area contributed by atoms with E-state index in [9.17, 15) is 4.79 Å². The van der Waals surface area contributed by atoms with E-state index < -0.39 is 0 Å². The lowest BCUT2D eigenvalue weighted by atomic mass is 10.3. The summed E-state index contributed by atoms with van der Waals surface area (Å²) in [6, 6.07) is 0.416. The minimum Gasteiger partial charge on any atom is -0.352 e. The van der Waals surface area contributed by atoms with Gasteiger partial charge in [-0.25, -0.2) is 4.98 Å². The van der Waals surface area contributed by atoms with Crippen molar-refractivity contribution >= 4 is 5.91 Å². The third kappa shape index (κ3) is 2.79. The van der Waals surface area contributed by atoms with Crippen molar-refractivity contribution in [2.45, 2.75) is 31.8 Å². The van der Waals surface area contributed by atoms with Crippen molar-refractivity contribution < 1.29 is 4.79 Å². The summed E-state index contributed by atoms with van der Waals surface area (Å²) < 4.78 is 1.85. The maximum Gasteiger partial charge on any atom is 0.240 e. The fourth-order valence-corrected chi connectivity index (χ4v) is 1.50. The molecule has 5 nitrogen and oxygen atoms in total. The van der Waals surface area contributed by atoms with E-state index in [1.807, 2.05) is 4.57 Å². The fourth-order valence-electron chi connectivity index (χ4n) is 1.50. The summed E-state index contributed by atoms with van der Waals surface area (Å²) in [6.45, 7) is 0.932. The Kier molecular flexibility index (Phi) is 3.01. The van der Waals surface area contributed by atoms with Crippen molar-refractivity contribution in [2.24, 2.45) is 5.73 Å². The first-order valence-corrected chi connectivity index (χ1v) is 5.28. The number of carbonyl (C=O) groups excluding carboxylic acids is 1. The number of carbonyl (C=O) groups is 1. The number of nitrogens with one attached hydrogen (secondary N) is 1. The van der Waals surface area contributed by atoms with Crippen LogP contribution in [0.15, 0.2) is 12.5 Å². The molecule has 0 bridgehead atoms. The Labute approximate surface area is 88.7 Å². The Bertz CT molecular complexity index is 343. The van der Waals surface area contributed by atoms with Crippen molar-refractivity contribution in [1.82, 2.24) is 14.9 Å². The van der Waals surface area contributed by atoms with Crippen LogP contribution in [0.25, 0.3) is 0 Å². The van der Waals surface area contributed by atoms with Gasteiger partial charge >= 0.3 is 0 Å². The van der Waals surface area contributed by atoms with Crippen LogP contribution in [-0.2, 0) is 17.8 Å². The van der Waals surface area contributed by atoms with Crippen LogP contribution < -0.4 is 11.1 Å². The number of imidazole rings is 1. The molecule has 0 spiro atoms. The summed E-state index contributed by atoms with van der Waals surface area (Å²) in [5.41, 5.74) is 6.49. The quantitative estimate of drug-likeness (QED) is 0.695. The second kappa shape index (κ2) is 4.44. The SMILES string of the molecule is NCCc1cncn1CC(=O)NC1CC1. The molecule has 1 amide bonds. The summed E-state index contributed by atoms with van der Waals surface area (Å²) in [4.78, 5) is 15.5. The van der Waals surface area contributed by atoms with Gasteiger partial charge in [-0.05, 0) is 19.4 Å². The van der Waals surface area contributed by atoms with Crippen molar-refractivity contribution in [1.29, 1.82) is 0 Å². The third-order valence-corrected chi connectivity index (χ3v) is 2.46. The molecule has 0 aliphatic heterocycles. The van der Waals surface area contributed by atoms with Crippen LogP contribution in [-0.4, -0.2) is 28.0 Å². The molecule has 1 saturated carbocycles. The molecule has 2 rings (SSSR count). The lowest BCUT2D eigenvalue weighted by molar-refractivity contribution is -0.121. The van der Waals surface area contributed by atoms with E-state index in [2.05, 4.69) is 10.3 Å². The van der Waals surface area contributed by atoms with Crippen LogP contribution in [0, 0.1) is 0 Å². The third-order valence-electron chi connectivity index (χ3n) is 2.46. The highest BCUT2D eigenvalue weighted by Gasteiger charge is 2.23. The van der Waals surface area contributed by atoms with E-state index in [-0.39, 0.29) is 5.91 Å². The van der Waals surface area contributed by atoms with Gasteiger partial charge in [0.05, 0.1) is 6.33 Å². The van der Waals surface area contributed by atoms with Gasteiger partial charge in [-0.15, -0.1) is 0 Å². The molecular weight excluding hydrogens is 192 g/mol. The van der Waals surface area contributed by atoms with Gasteiger partial charge in [0.1, 0.15) is 6.54 Å². The molecule has 1 aliphatic rings. The van der Waals surface area contributed by atoms with Crippen molar-refractivity contribution in [3.05, 3.63) is 18.2 Å². The van der Waals surface area contributed by atoms with E-state index in [4.69, 9.17) is 5.73 Å². The minimum atomic E-state index is 0.0637. The number of nitrogens with two attached hydrogens (primary N) is 1. The molecule has 0 radical (unpaired) electrons. The van der Waals surface area contributed by atoms with E-state index in [1.165, 1.54) is 0 Å². The molecule has 1 aromatic rings. The Morgan fingerprint density at radius 1 is 1.67 bits per heavy atom. The maximum atomic E-state index is 11.5. The van der Waals surface area contributed by atoms with Gasteiger partial charge in [-0.2, -0.15) is 0 Å². The van der Waals surface area contributed by atoms with Gasteiger partial charge in [0.2, 0.25) is 5.91 Å². The topological polar surface area (TPSA) is 72.9 Å². The van der Waals surface area contributed by atoms with Crippen LogP contribution in [0.2, 0.25) is 0 Å². The normalized spacial score (nSPS) is 15.3. The zero-order valence-corrected chi connectivity index (χ0v) is 8.65. The minimum absolute atomic E-state index is 0.0637. The van der Waals surface area contributed by atoms with Crippen LogP contribution in [0.3, 0.4) is 0 Å². The first kappa shape index (κ1) is 10.2. The van der Waals surface area contributed by atoms with Crippen LogP contribution in [0.1, 0.15) is 18.5 Å². The molecule has 1 aromatic heterocycles. The predicted octanol–water partition coefficient (Wildman–Crippen LogP) is -0.337. The molecule has 0 unspecified atom stereocenters. The van der Waals surface area contributed by atoms with Crippen LogP contribution in [0.5, 0.6) is 0 Å². The molecule has 1 aliphatic carbocycles. The standard InChI is InChI=1S/C10H16N4O/c11-4-3-9-5-12-7-14(9)6-10(15)13-8-1-2-8/h5,7-8H,1-4,6,11H2,(H,13,15). The largest absolute Gasteiger partial charge is 0.352 e. The van der Waals surface area contributed by atoms with Crippen molar-refractivity contribution in [2.75, 3.05) is 6.54 Å². The zero-order chi connectivity index (χ0) is 10.7. The maximum absolute atomic E-state index is 11.5. The number of hydrogen-bond donors (Lipinski definition) is 2. The summed E-state index contributed by atoms with van der Waals surface area (Å²) in [5, 5.41) is 2.94. The van der Waals surface area contributed by atoms with E-state index in [0.717, 1.165) is 25.0 Å². The Morgan fingerprint density at radius 3 is 3.13 bits per heavy atom. The molecule has 0 aromatic carbocycles. The summed E-state index contributed by atoms with van der Waals surface area (Å²) in [6.07, 6.45) is 6.43. The highest BCUT2D eigenvalue weighted by Crippen LogP contribution is 2.18. The Hall–Kier alpha value is -1.36. The smallest absolute Gasteiger partial charge is 0.240 e. The molecule has 3 N–H and O–H groups in total. The average molecular weight is 208 g/mol. The van der Waals surface area contributed by atoms with E-state index in [1.54, 1.807) is 12.5 Å². The average Bonchev–Trinajstić information content (AvgIpc) is 2.90. The van der Waals surface area contributed by atoms with E-state index >= 15 is 0 Å². The number of aromatic nitrogens is 2. The molecule has 5 heteroatoms. The van der Waals surface area contributed by atoms with Crippen LogP contribution in [0.4, 0.5) is 0 Å². The molecule has 0 atom stereocenters. The molecule has 0 saturated heterocycles. The number of hydrogen-bond acceptors (Lipinski definition) is 3. The van der Waals surface area contributed by atoms with Crippen molar-refractivity contribution in [3.8, 4) is 0 Å². The fraction of sp³-hybridized carbons (Fsp3) is 0.600. The van der Waals surface area contributed by atoms with Crippen LogP contribution >= 0.6 is 0 Å². The van der Waals surface area contributed by atoms with Gasteiger partial charge in [0.25, 0.3) is 0 Å². The van der Waals surface area contributed by atoms with Gasteiger partial charge in [-0.1, -0.05) is 0 Å². The first-order chi connectivity index (χ1) is 7.29. The Morgan fingerprint density at radius 2 is 2.47 bits per heavy atom. The highest BCUT2D eigenvalue weighted by molar-refractivity contribution is 5.76. The summed E-state index contributed by atoms with van der Waals surface area (Å²) in [7, 11) is 0. The van der Waals surface area contributed by atoms with E-state index in [0.29, 0.717) is 19.1 Å². The molecule has 1 fully saturated rings. The second-order valence-corrected chi connectivity index (χ2v) is 3.89. The predicted molar refractivity (Wildman–Crippen MR) is 56.2 cm³/mol. The number of rotatable bonds is 5. The van der Waals surface area contributed by atoms with Gasteiger partial charge in [-0.3, -0.25) is 4.79 Å². The molecule has 82 valence electrons. The lowest BCUT2D eigenvalue weighted by Crippen LogP contribution is -2.29. The lowest BCUT2D eigenvalue weighted by Gasteiger charge is -2.07. The van der Waals surface area contributed by atoms with Gasteiger partial charge < -0.3 is 15.6 Å². The van der Waals surface area contributed by atoms with Gasteiger partial charge in [0.15, 0.2) is 0 Å².